The van der Waals surface area contributed by atoms with Crippen LogP contribution in [0.5, 0.6) is 0 Å². The van der Waals surface area contributed by atoms with E-state index in [4.69, 9.17) is 4.74 Å². The molecule has 4 heteroatoms. The molecule has 0 unspecified atom stereocenters. The number of nitrogens with zero attached hydrogens (tertiary/aromatic N) is 2. The van der Waals surface area contributed by atoms with Crippen LogP contribution in [0, 0.1) is 6.92 Å². The first-order valence-electron chi connectivity index (χ1n) is 7.86. The topological polar surface area (TPSA) is 47.0 Å². The van der Waals surface area contributed by atoms with Crippen molar-refractivity contribution in [1.29, 1.82) is 0 Å². The van der Waals surface area contributed by atoms with E-state index in [2.05, 4.69) is 29.1 Å². The zero-order valence-corrected chi connectivity index (χ0v) is 13.0. The van der Waals surface area contributed by atoms with Gasteiger partial charge in [0.2, 0.25) is 0 Å². The SMILES string of the molecule is Cc1cc(NCCOC2CCCCC2)nc(C(C)C)n1. The van der Waals surface area contributed by atoms with Gasteiger partial charge in [-0.1, -0.05) is 33.1 Å². The van der Waals surface area contributed by atoms with Crippen LogP contribution in [0.4, 0.5) is 5.82 Å². The molecule has 0 aliphatic heterocycles. The average Bonchev–Trinajstić information content (AvgIpc) is 2.44. The summed E-state index contributed by atoms with van der Waals surface area (Å²) in [5.74, 6) is 2.17. The van der Waals surface area contributed by atoms with Gasteiger partial charge in [0.1, 0.15) is 11.6 Å². The van der Waals surface area contributed by atoms with Gasteiger partial charge in [-0.15, -0.1) is 0 Å². The lowest BCUT2D eigenvalue weighted by Crippen LogP contribution is -2.21. The third kappa shape index (κ3) is 4.75. The van der Waals surface area contributed by atoms with E-state index >= 15 is 0 Å². The van der Waals surface area contributed by atoms with Crippen molar-refractivity contribution in [3.63, 3.8) is 0 Å². The predicted molar refractivity (Wildman–Crippen MR) is 82.2 cm³/mol. The van der Waals surface area contributed by atoms with Crippen LogP contribution in [0.2, 0.25) is 0 Å². The van der Waals surface area contributed by atoms with Gasteiger partial charge in [0.05, 0.1) is 12.7 Å². The molecule has 2 rings (SSSR count). The van der Waals surface area contributed by atoms with Gasteiger partial charge in [0.15, 0.2) is 0 Å². The van der Waals surface area contributed by atoms with Crippen LogP contribution < -0.4 is 5.32 Å². The second-order valence-corrected chi connectivity index (χ2v) is 5.97. The molecule has 1 heterocycles. The van der Waals surface area contributed by atoms with Crippen molar-refractivity contribution in [2.75, 3.05) is 18.5 Å². The van der Waals surface area contributed by atoms with Crippen LogP contribution in [0.3, 0.4) is 0 Å². The van der Waals surface area contributed by atoms with E-state index in [0.717, 1.165) is 30.5 Å². The first-order chi connectivity index (χ1) is 9.65. The van der Waals surface area contributed by atoms with E-state index in [9.17, 15) is 0 Å². The third-order valence-electron chi connectivity index (χ3n) is 3.70. The summed E-state index contributed by atoms with van der Waals surface area (Å²) in [7, 11) is 0. The molecule has 1 N–H and O–H groups in total. The molecule has 20 heavy (non-hydrogen) atoms. The van der Waals surface area contributed by atoms with Gasteiger partial charge in [-0.05, 0) is 19.8 Å². The normalized spacial score (nSPS) is 16.6. The summed E-state index contributed by atoms with van der Waals surface area (Å²) in [6.07, 6.45) is 6.94. The molecule has 0 radical (unpaired) electrons. The van der Waals surface area contributed by atoms with E-state index in [0.29, 0.717) is 12.0 Å². The number of ether oxygens (including phenoxy) is 1. The van der Waals surface area contributed by atoms with Crippen molar-refractivity contribution in [1.82, 2.24) is 9.97 Å². The second-order valence-electron chi connectivity index (χ2n) is 5.97. The Kier molecular flexibility index (Phi) is 5.77. The number of hydrogen-bond acceptors (Lipinski definition) is 4. The molecule has 1 aromatic heterocycles. The Morgan fingerprint density at radius 3 is 2.70 bits per heavy atom. The number of anilines is 1. The Morgan fingerprint density at radius 2 is 2.00 bits per heavy atom. The van der Waals surface area contributed by atoms with Crippen molar-refractivity contribution in [2.24, 2.45) is 0 Å². The van der Waals surface area contributed by atoms with Gasteiger partial charge in [-0.25, -0.2) is 9.97 Å². The summed E-state index contributed by atoms with van der Waals surface area (Å²) >= 11 is 0. The minimum Gasteiger partial charge on any atom is -0.376 e. The fraction of sp³-hybridized carbons (Fsp3) is 0.750. The Balaban J connectivity index is 1.75. The fourth-order valence-corrected chi connectivity index (χ4v) is 2.58. The lowest BCUT2D eigenvalue weighted by molar-refractivity contribution is 0.0347. The van der Waals surface area contributed by atoms with Crippen molar-refractivity contribution >= 4 is 5.82 Å². The summed E-state index contributed by atoms with van der Waals surface area (Å²) < 4.78 is 5.91. The lowest BCUT2D eigenvalue weighted by atomic mass is 9.98. The number of rotatable bonds is 6. The second kappa shape index (κ2) is 7.58. The van der Waals surface area contributed by atoms with Crippen molar-refractivity contribution in [3.05, 3.63) is 17.6 Å². The molecule has 0 atom stereocenters. The van der Waals surface area contributed by atoms with E-state index in [-0.39, 0.29) is 0 Å². The predicted octanol–water partition coefficient (Wildman–Crippen LogP) is 3.67. The van der Waals surface area contributed by atoms with E-state index in [1.54, 1.807) is 0 Å². The summed E-state index contributed by atoms with van der Waals surface area (Å²) in [6, 6.07) is 1.99. The van der Waals surface area contributed by atoms with Crippen molar-refractivity contribution in [3.8, 4) is 0 Å². The molecule has 0 amide bonds. The minimum atomic E-state index is 0.355. The highest BCUT2D eigenvalue weighted by atomic mass is 16.5. The molecule has 0 spiro atoms. The summed E-state index contributed by atoms with van der Waals surface area (Å²) in [5, 5.41) is 3.34. The smallest absolute Gasteiger partial charge is 0.133 e. The molecule has 1 saturated carbocycles. The Bertz CT molecular complexity index is 414. The highest BCUT2D eigenvalue weighted by Crippen LogP contribution is 2.20. The molecule has 112 valence electrons. The maximum absolute atomic E-state index is 5.91. The largest absolute Gasteiger partial charge is 0.376 e. The van der Waals surface area contributed by atoms with Gasteiger partial charge in [-0.3, -0.25) is 0 Å². The zero-order valence-electron chi connectivity index (χ0n) is 13.0. The van der Waals surface area contributed by atoms with Gasteiger partial charge in [0.25, 0.3) is 0 Å². The molecule has 0 bridgehead atoms. The molecular formula is C16H27N3O. The first-order valence-corrected chi connectivity index (χ1v) is 7.86. The number of hydrogen-bond donors (Lipinski definition) is 1. The highest BCUT2D eigenvalue weighted by molar-refractivity contribution is 5.36. The lowest BCUT2D eigenvalue weighted by Gasteiger charge is -2.22. The average molecular weight is 277 g/mol. The minimum absolute atomic E-state index is 0.355. The van der Waals surface area contributed by atoms with E-state index in [1.165, 1.54) is 32.1 Å². The molecule has 0 aromatic carbocycles. The molecule has 0 saturated heterocycles. The standard InChI is InChI=1S/C16H27N3O/c1-12(2)16-18-13(3)11-15(19-16)17-9-10-20-14-7-5-4-6-8-14/h11-12,14H,4-10H2,1-3H3,(H,17,18,19). The molecule has 1 fully saturated rings. The first kappa shape index (κ1) is 15.2. The Morgan fingerprint density at radius 1 is 1.25 bits per heavy atom. The fourth-order valence-electron chi connectivity index (χ4n) is 2.58. The van der Waals surface area contributed by atoms with Gasteiger partial charge in [-0.2, -0.15) is 0 Å². The van der Waals surface area contributed by atoms with Crippen LogP contribution in [0.1, 0.15) is 63.4 Å². The summed E-state index contributed by atoms with van der Waals surface area (Å²) in [6.45, 7) is 7.81. The maximum Gasteiger partial charge on any atom is 0.133 e. The maximum atomic E-state index is 5.91. The molecular weight excluding hydrogens is 250 g/mol. The van der Waals surface area contributed by atoms with Crippen LogP contribution in [0.25, 0.3) is 0 Å². The highest BCUT2D eigenvalue weighted by Gasteiger charge is 2.13. The van der Waals surface area contributed by atoms with Crippen LogP contribution in [0.15, 0.2) is 6.07 Å². The van der Waals surface area contributed by atoms with Crippen LogP contribution in [-0.4, -0.2) is 29.2 Å². The number of nitrogens with one attached hydrogen (secondary N) is 1. The van der Waals surface area contributed by atoms with Crippen LogP contribution >= 0.6 is 0 Å². The van der Waals surface area contributed by atoms with Gasteiger partial charge < -0.3 is 10.1 Å². The summed E-state index contributed by atoms with van der Waals surface area (Å²) in [5.41, 5.74) is 1.01. The Hall–Kier alpha value is -1.16. The third-order valence-corrected chi connectivity index (χ3v) is 3.70. The molecule has 1 aliphatic carbocycles. The van der Waals surface area contributed by atoms with Crippen LogP contribution in [-0.2, 0) is 4.74 Å². The number of aromatic nitrogens is 2. The van der Waals surface area contributed by atoms with Gasteiger partial charge >= 0.3 is 0 Å². The number of aryl methyl sites for hydroxylation is 1. The van der Waals surface area contributed by atoms with E-state index < -0.39 is 0 Å². The molecule has 4 nitrogen and oxygen atoms in total. The Labute approximate surface area is 122 Å². The summed E-state index contributed by atoms with van der Waals surface area (Å²) in [4.78, 5) is 8.99. The van der Waals surface area contributed by atoms with Crippen molar-refractivity contribution < 1.29 is 4.74 Å². The van der Waals surface area contributed by atoms with Crippen molar-refractivity contribution in [2.45, 2.75) is 64.9 Å². The quantitative estimate of drug-likeness (QED) is 0.806. The van der Waals surface area contributed by atoms with Gasteiger partial charge in [0, 0.05) is 24.2 Å². The van der Waals surface area contributed by atoms with E-state index in [1.807, 2.05) is 13.0 Å². The zero-order chi connectivity index (χ0) is 14.4. The molecule has 1 aliphatic rings. The monoisotopic (exact) mass is 277 g/mol. The molecule has 1 aromatic rings.